The quantitative estimate of drug-likeness (QED) is 0.313. The maximum atomic E-state index is 13.1. The Labute approximate surface area is 196 Å². The fourth-order valence-electron chi connectivity index (χ4n) is 3.97. The minimum absolute atomic E-state index is 0.240. The van der Waals surface area contributed by atoms with Crippen LogP contribution >= 0.6 is 0 Å². The molecule has 2 N–H and O–H groups in total. The fourth-order valence-corrected chi connectivity index (χ4v) is 3.97. The highest BCUT2D eigenvalue weighted by atomic mass is 16.5. The molecule has 4 aromatic rings. The lowest BCUT2D eigenvalue weighted by Gasteiger charge is -2.15. The molecule has 166 valence electrons. The summed E-state index contributed by atoms with van der Waals surface area (Å²) in [5, 5.41) is 6.33. The summed E-state index contributed by atoms with van der Waals surface area (Å²) < 4.78 is 4.81. The molecule has 0 saturated heterocycles. The highest BCUT2D eigenvalue weighted by molar-refractivity contribution is 6.37. The van der Waals surface area contributed by atoms with Gasteiger partial charge in [-0.25, -0.2) is 4.79 Å². The van der Waals surface area contributed by atoms with Crippen molar-refractivity contribution >= 4 is 34.5 Å². The lowest BCUT2D eigenvalue weighted by molar-refractivity contribution is -0.110. The minimum Gasteiger partial charge on any atom is -0.465 e. The average Bonchev–Trinajstić information content (AvgIpc) is 3.22. The molecule has 1 amide bonds. The topological polar surface area (TPSA) is 80.3 Å². The third kappa shape index (κ3) is 4.04. The first-order chi connectivity index (χ1) is 16.6. The summed E-state index contributed by atoms with van der Waals surface area (Å²) in [4.78, 5) is 29.2. The summed E-state index contributed by atoms with van der Waals surface area (Å²) in [5.74, 6) is -0.694. The van der Waals surface area contributed by atoms with Crippen molar-refractivity contribution in [1.82, 2.24) is 4.98 Å². The van der Waals surface area contributed by atoms with Crippen LogP contribution in [0.1, 0.15) is 21.5 Å². The van der Waals surface area contributed by atoms with Gasteiger partial charge in [-0.3, -0.25) is 9.78 Å². The number of esters is 1. The van der Waals surface area contributed by atoms with Crippen LogP contribution in [-0.2, 0) is 9.53 Å². The highest BCUT2D eigenvalue weighted by Gasteiger charge is 2.29. The van der Waals surface area contributed by atoms with Crippen molar-refractivity contribution in [2.24, 2.45) is 0 Å². The van der Waals surface area contributed by atoms with E-state index in [0.29, 0.717) is 22.5 Å². The lowest BCUT2D eigenvalue weighted by Crippen LogP contribution is -2.10. The van der Waals surface area contributed by atoms with Gasteiger partial charge in [0.2, 0.25) is 0 Å². The first kappa shape index (κ1) is 21.2. The largest absolute Gasteiger partial charge is 0.465 e. The van der Waals surface area contributed by atoms with E-state index in [0.717, 1.165) is 27.9 Å². The Balaban J connectivity index is 1.57. The number of carbonyl (C=O) groups is 2. The number of nitrogens with one attached hydrogen (secondary N) is 2. The van der Waals surface area contributed by atoms with Gasteiger partial charge in [-0.2, -0.15) is 0 Å². The van der Waals surface area contributed by atoms with Crippen LogP contribution in [0.2, 0.25) is 0 Å². The Morgan fingerprint density at radius 2 is 1.68 bits per heavy atom. The van der Waals surface area contributed by atoms with Gasteiger partial charge in [0.1, 0.15) is 0 Å². The van der Waals surface area contributed by atoms with Gasteiger partial charge in [0.05, 0.1) is 29.6 Å². The summed E-state index contributed by atoms with van der Waals surface area (Å²) in [5.41, 5.74) is 6.64. The number of ether oxygens (including phenoxy) is 1. The number of benzene rings is 3. The number of pyridine rings is 1. The van der Waals surface area contributed by atoms with Gasteiger partial charge in [-0.05, 0) is 47.0 Å². The monoisotopic (exact) mass is 447 g/mol. The van der Waals surface area contributed by atoms with Crippen LogP contribution in [0.4, 0.5) is 11.4 Å². The van der Waals surface area contributed by atoms with Gasteiger partial charge in [-0.15, -0.1) is 0 Å². The molecule has 1 aliphatic heterocycles. The van der Waals surface area contributed by atoms with E-state index in [1.54, 1.807) is 24.4 Å². The lowest BCUT2D eigenvalue weighted by atomic mass is 9.99. The number of rotatable bonds is 5. The number of aromatic nitrogens is 1. The summed E-state index contributed by atoms with van der Waals surface area (Å²) in [6.07, 6.45) is 3.57. The maximum absolute atomic E-state index is 13.1. The smallest absolute Gasteiger partial charge is 0.337 e. The van der Waals surface area contributed by atoms with E-state index < -0.39 is 5.97 Å². The van der Waals surface area contributed by atoms with Gasteiger partial charge in [0, 0.05) is 23.6 Å². The van der Waals surface area contributed by atoms with E-state index in [1.807, 2.05) is 72.9 Å². The molecule has 5 rings (SSSR count). The zero-order valence-electron chi connectivity index (χ0n) is 18.4. The molecule has 34 heavy (non-hydrogen) atoms. The summed E-state index contributed by atoms with van der Waals surface area (Å²) in [7, 11) is 1.33. The van der Waals surface area contributed by atoms with E-state index in [1.165, 1.54) is 7.11 Å². The second-order valence-corrected chi connectivity index (χ2v) is 7.77. The van der Waals surface area contributed by atoms with Crippen LogP contribution in [0.25, 0.3) is 22.4 Å². The van der Waals surface area contributed by atoms with E-state index in [-0.39, 0.29) is 5.91 Å². The van der Waals surface area contributed by atoms with Crippen LogP contribution in [0.3, 0.4) is 0 Å². The van der Waals surface area contributed by atoms with Crippen LogP contribution in [0.15, 0.2) is 97.3 Å². The van der Waals surface area contributed by atoms with Crippen molar-refractivity contribution in [3.8, 4) is 11.1 Å². The van der Waals surface area contributed by atoms with E-state index in [2.05, 4.69) is 15.6 Å². The number of hydrogen-bond donors (Lipinski definition) is 2. The molecular weight excluding hydrogens is 426 g/mol. The molecule has 0 fully saturated rings. The molecule has 0 unspecified atom stereocenters. The molecule has 6 heteroatoms. The molecule has 0 atom stereocenters. The number of anilines is 2. The van der Waals surface area contributed by atoms with Crippen LogP contribution in [0.5, 0.6) is 0 Å². The molecule has 0 saturated carbocycles. The Morgan fingerprint density at radius 3 is 2.38 bits per heavy atom. The molecule has 3 aromatic carbocycles. The third-order valence-electron chi connectivity index (χ3n) is 5.65. The standard InChI is InChI=1S/C28H21N3O3/c1-34-28(33)20-11-14-23-24(16-20)31-27(32)25(23)26(19-6-3-2-4-7-19)30-22-12-9-18(10-13-22)21-8-5-15-29-17-21/h2-17,30H,1H3,(H,31,32)/b26-25+. The van der Waals surface area contributed by atoms with Gasteiger partial charge in [0.15, 0.2) is 0 Å². The first-order valence-corrected chi connectivity index (χ1v) is 10.8. The van der Waals surface area contributed by atoms with Gasteiger partial charge >= 0.3 is 5.97 Å². The van der Waals surface area contributed by atoms with Gasteiger partial charge < -0.3 is 15.4 Å². The second kappa shape index (κ2) is 9.03. The van der Waals surface area contributed by atoms with Crippen molar-refractivity contribution < 1.29 is 14.3 Å². The number of hydrogen-bond acceptors (Lipinski definition) is 5. The number of amides is 1. The Morgan fingerprint density at radius 1 is 0.882 bits per heavy atom. The van der Waals surface area contributed by atoms with Crippen molar-refractivity contribution in [3.05, 3.63) is 114 Å². The van der Waals surface area contributed by atoms with E-state index >= 15 is 0 Å². The van der Waals surface area contributed by atoms with Gasteiger partial charge in [-0.1, -0.05) is 54.6 Å². The molecule has 0 radical (unpaired) electrons. The van der Waals surface area contributed by atoms with Crippen molar-refractivity contribution in [1.29, 1.82) is 0 Å². The molecule has 0 bridgehead atoms. The number of carbonyl (C=O) groups excluding carboxylic acids is 2. The van der Waals surface area contributed by atoms with Crippen molar-refractivity contribution in [3.63, 3.8) is 0 Å². The predicted octanol–water partition coefficient (Wildman–Crippen LogP) is 5.47. The zero-order valence-corrected chi connectivity index (χ0v) is 18.4. The number of methoxy groups -OCH3 is 1. The SMILES string of the molecule is COC(=O)c1ccc2c(c1)NC(=O)/C2=C(/Nc1ccc(-c2cccnc2)cc1)c1ccccc1. The third-order valence-corrected chi connectivity index (χ3v) is 5.65. The number of fused-ring (bicyclic) bond motifs is 1. The Hall–Kier alpha value is -4.71. The van der Waals surface area contributed by atoms with Crippen LogP contribution < -0.4 is 10.6 Å². The predicted molar refractivity (Wildman–Crippen MR) is 133 cm³/mol. The molecular formula is C28H21N3O3. The van der Waals surface area contributed by atoms with Crippen molar-refractivity contribution in [2.45, 2.75) is 0 Å². The molecule has 0 spiro atoms. The van der Waals surface area contributed by atoms with E-state index in [9.17, 15) is 9.59 Å². The Bertz CT molecular complexity index is 1400. The van der Waals surface area contributed by atoms with Crippen molar-refractivity contribution in [2.75, 3.05) is 17.7 Å². The second-order valence-electron chi connectivity index (χ2n) is 7.77. The van der Waals surface area contributed by atoms with Gasteiger partial charge in [0.25, 0.3) is 5.91 Å². The molecule has 1 aromatic heterocycles. The molecule has 0 aliphatic carbocycles. The summed E-state index contributed by atoms with van der Waals surface area (Å²) in [6, 6.07) is 26.6. The summed E-state index contributed by atoms with van der Waals surface area (Å²) >= 11 is 0. The average molecular weight is 447 g/mol. The molecule has 2 heterocycles. The molecule has 1 aliphatic rings. The summed E-state index contributed by atoms with van der Waals surface area (Å²) in [6.45, 7) is 0. The Kier molecular flexibility index (Phi) is 5.62. The normalized spacial score (nSPS) is 13.6. The number of nitrogens with zero attached hydrogens (tertiary/aromatic N) is 1. The molecule has 6 nitrogen and oxygen atoms in total. The maximum Gasteiger partial charge on any atom is 0.337 e. The first-order valence-electron chi connectivity index (χ1n) is 10.8. The van der Waals surface area contributed by atoms with Crippen LogP contribution in [-0.4, -0.2) is 24.0 Å². The van der Waals surface area contributed by atoms with Crippen LogP contribution in [0, 0.1) is 0 Å². The minimum atomic E-state index is -0.454. The highest BCUT2D eigenvalue weighted by Crippen LogP contribution is 2.38. The van der Waals surface area contributed by atoms with E-state index in [4.69, 9.17) is 4.74 Å². The fraction of sp³-hybridized carbons (Fsp3) is 0.0357. The zero-order chi connectivity index (χ0) is 23.5.